The van der Waals surface area contributed by atoms with E-state index in [9.17, 15) is 26.9 Å². The molecule has 13 heteroatoms. The molecule has 1 aliphatic carbocycles. The molecule has 2 unspecified atom stereocenters. The highest BCUT2D eigenvalue weighted by atomic mass is 31.2. The number of carbonyl (C=O) groups is 1. The number of benzene rings is 1. The summed E-state index contributed by atoms with van der Waals surface area (Å²) in [6.45, 7) is 8.22. The predicted molar refractivity (Wildman–Crippen MR) is 121 cm³/mol. The van der Waals surface area contributed by atoms with Crippen LogP contribution in [0.1, 0.15) is 57.8 Å². The smallest absolute Gasteiger partial charge is 0.459 e. The first-order chi connectivity index (χ1) is 16.6. The number of alkyl halides is 4. The molecule has 0 radical (unpaired) electrons. The van der Waals surface area contributed by atoms with E-state index in [2.05, 4.69) is 14.9 Å². The summed E-state index contributed by atoms with van der Waals surface area (Å²) in [7, 11) is -3.45. The number of hydrogen-bond donors (Lipinski definition) is 0. The van der Waals surface area contributed by atoms with Gasteiger partial charge >= 0.3 is 18.5 Å². The molecule has 1 aromatic heterocycles. The summed E-state index contributed by atoms with van der Waals surface area (Å²) in [5, 5.41) is 4.03. The Bertz CT molecular complexity index is 1110. The fourth-order valence-electron chi connectivity index (χ4n) is 3.66. The van der Waals surface area contributed by atoms with Gasteiger partial charge in [-0.15, -0.1) is 0 Å². The molecule has 1 heterocycles. The number of hydrogen-bond acceptors (Lipinski definition) is 8. The summed E-state index contributed by atoms with van der Waals surface area (Å²) < 4.78 is 84.5. The molecule has 0 spiro atoms. The third kappa shape index (κ3) is 6.45. The highest BCUT2D eigenvalue weighted by molar-refractivity contribution is 7.60. The van der Waals surface area contributed by atoms with Gasteiger partial charge in [0.2, 0.25) is 13.3 Å². The molecule has 0 saturated heterocycles. The fraction of sp³-hybridized carbons (Fsp3) is 0.609. The average molecular weight is 536 g/mol. The van der Waals surface area contributed by atoms with Gasteiger partial charge in [-0.3, -0.25) is 9.36 Å². The van der Waals surface area contributed by atoms with Crippen LogP contribution in [0.15, 0.2) is 28.8 Å². The molecule has 3 rings (SSSR count). The summed E-state index contributed by atoms with van der Waals surface area (Å²) in [5.74, 6) is -0.762. The van der Waals surface area contributed by atoms with Crippen molar-refractivity contribution in [3.05, 3.63) is 41.5 Å². The summed E-state index contributed by atoms with van der Waals surface area (Å²) in [6, 6.07) is 5.28. The van der Waals surface area contributed by atoms with Gasteiger partial charge < -0.3 is 18.5 Å². The van der Waals surface area contributed by atoms with E-state index in [0.717, 1.165) is 0 Å². The monoisotopic (exact) mass is 536 g/mol. The van der Waals surface area contributed by atoms with E-state index in [4.69, 9.17) is 13.8 Å². The van der Waals surface area contributed by atoms with Gasteiger partial charge in [0.15, 0.2) is 5.82 Å². The summed E-state index contributed by atoms with van der Waals surface area (Å²) >= 11 is 0. The Morgan fingerprint density at radius 1 is 1.19 bits per heavy atom. The van der Waals surface area contributed by atoms with E-state index in [0.29, 0.717) is 24.2 Å². The van der Waals surface area contributed by atoms with E-state index in [1.165, 1.54) is 30.9 Å². The predicted octanol–water partition coefficient (Wildman–Crippen LogP) is 5.58. The largest absolute Gasteiger partial charge is 0.461 e. The van der Waals surface area contributed by atoms with Gasteiger partial charge in [0.05, 0.1) is 12.0 Å². The Morgan fingerprint density at radius 2 is 1.81 bits per heavy atom. The van der Waals surface area contributed by atoms with Crippen LogP contribution in [0.4, 0.5) is 17.6 Å². The molecule has 0 aliphatic heterocycles. The van der Waals surface area contributed by atoms with Crippen molar-refractivity contribution in [1.29, 1.82) is 0 Å². The van der Waals surface area contributed by atoms with Crippen molar-refractivity contribution in [3.63, 3.8) is 0 Å². The minimum absolute atomic E-state index is 0.0606. The number of aromatic nitrogens is 2. The van der Waals surface area contributed by atoms with Crippen LogP contribution in [0, 0.1) is 0 Å². The second-order valence-corrected chi connectivity index (χ2v) is 12.4. The first-order valence-corrected chi connectivity index (χ1v) is 13.5. The van der Waals surface area contributed by atoms with Gasteiger partial charge in [0, 0.05) is 13.1 Å². The molecule has 2 aromatic rings. The van der Waals surface area contributed by atoms with E-state index in [1.54, 1.807) is 27.7 Å². The third-order valence-corrected chi connectivity index (χ3v) is 7.86. The molecule has 0 bridgehead atoms. The van der Waals surface area contributed by atoms with E-state index >= 15 is 0 Å². The lowest BCUT2D eigenvalue weighted by atomic mass is 9.95. The molecule has 36 heavy (non-hydrogen) atoms. The lowest BCUT2D eigenvalue weighted by Gasteiger charge is -2.26. The Morgan fingerprint density at radius 3 is 2.31 bits per heavy atom. The zero-order valence-electron chi connectivity index (χ0n) is 20.6. The van der Waals surface area contributed by atoms with Gasteiger partial charge in [-0.1, -0.05) is 17.3 Å². The van der Waals surface area contributed by atoms with Crippen LogP contribution in [0.2, 0.25) is 0 Å². The quantitative estimate of drug-likeness (QED) is 0.208. The molecule has 1 fully saturated rings. The second-order valence-electron chi connectivity index (χ2n) is 9.66. The zero-order valence-corrected chi connectivity index (χ0v) is 21.5. The molecule has 2 atom stereocenters. The van der Waals surface area contributed by atoms with E-state index in [1.807, 2.05) is 0 Å². The van der Waals surface area contributed by atoms with Gasteiger partial charge in [-0.25, -0.2) is 0 Å². The number of ether oxygens (including phenoxy) is 2. The Hall–Kier alpha value is -2.46. The molecule has 200 valence electrons. The van der Waals surface area contributed by atoms with Crippen LogP contribution in [-0.2, 0) is 30.5 Å². The van der Waals surface area contributed by atoms with Gasteiger partial charge in [0.25, 0.3) is 0 Å². The highest BCUT2D eigenvalue weighted by Crippen LogP contribution is 2.53. The van der Waals surface area contributed by atoms with E-state index in [-0.39, 0.29) is 18.9 Å². The first kappa shape index (κ1) is 28.1. The molecular formula is C23H29F4N2O6P. The van der Waals surface area contributed by atoms with Crippen LogP contribution in [0.25, 0.3) is 0 Å². The molecular weight excluding hydrogens is 507 g/mol. The minimum Gasteiger partial charge on any atom is -0.459 e. The van der Waals surface area contributed by atoms with Crippen LogP contribution < -0.4 is 4.74 Å². The Kier molecular flexibility index (Phi) is 7.91. The van der Waals surface area contributed by atoms with Crippen molar-refractivity contribution in [1.82, 2.24) is 10.1 Å². The first-order valence-electron chi connectivity index (χ1n) is 11.3. The summed E-state index contributed by atoms with van der Waals surface area (Å²) in [5.41, 5.74) is -1.98. The minimum atomic E-state index is -4.60. The zero-order chi connectivity index (χ0) is 26.9. The third-order valence-electron chi connectivity index (χ3n) is 5.56. The average Bonchev–Trinajstić information content (AvgIpc) is 3.41. The SMILES string of the molecule is CCOP(C)(=O)C(Cc1nc(C2(c3ccc(OC(F)(F)C(F)F)cc3)CC2)no1)C(=O)OC(C)(C)C. The lowest BCUT2D eigenvalue weighted by Crippen LogP contribution is -2.33. The van der Waals surface area contributed by atoms with Crippen molar-refractivity contribution in [2.75, 3.05) is 13.3 Å². The lowest BCUT2D eigenvalue weighted by molar-refractivity contribution is -0.253. The van der Waals surface area contributed by atoms with Crippen LogP contribution in [0.5, 0.6) is 5.75 Å². The van der Waals surface area contributed by atoms with Crippen molar-refractivity contribution in [2.24, 2.45) is 0 Å². The fourth-order valence-corrected chi connectivity index (χ4v) is 5.28. The Balaban J connectivity index is 1.80. The van der Waals surface area contributed by atoms with Crippen molar-refractivity contribution in [3.8, 4) is 5.75 Å². The summed E-state index contributed by atoms with van der Waals surface area (Å²) in [4.78, 5) is 17.2. The molecule has 1 saturated carbocycles. The van der Waals surface area contributed by atoms with Crippen LogP contribution >= 0.6 is 7.37 Å². The van der Waals surface area contributed by atoms with Crippen molar-refractivity contribution >= 4 is 13.3 Å². The second kappa shape index (κ2) is 10.1. The van der Waals surface area contributed by atoms with Crippen LogP contribution in [0.3, 0.4) is 0 Å². The number of esters is 1. The topological polar surface area (TPSA) is 101 Å². The molecule has 1 aromatic carbocycles. The molecule has 0 amide bonds. The van der Waals surface area contributed by atoms with Crippen molar-refractivity contribution < 1.29 is 45.4 Å². The maximum Gasteiger partial charge on any atom is 0.461 e. The maximum absolute atomic E-state index is 13.2. The number of rotatable bonds is 11. The van der Waals surface area contributed by atoms with Gasteiger partial charge in [-0.05, 0) is 58.2 Å². The Labute approximate surface area is 206 Å². The molecule has 8 nitrogen and oxygen atoms in total. The van der Waals surface area contributed by atoms with E-state index < -0.39 is 48.3 Å². The molecule has 1 aliphatic rings. The highest BCUT2D eigenvalue weighted by Gasteiger charge is 2.51. The number of carbonyl (C=O) groups excluding carboxylic acids is 1. The normalized spacial score (nSPS) is 17.9. The van der Waals surface area contributed by atoms with Crippen molar-refractivity contribution in [2.45, 2.75) is 76.2 Å². The van der Waals surface area contributed by atoms with Crippen LogP contribution in [-0.4, -0.2) is 53.2 Å². The molecule has 0 N–H and O–H groups in total. The number of nitrogens with zero attached hydrogens (tertiary/aromatic N) is 2. The van der Waals surface area contributed by atoms with Gasteiger partial charge in [-0.2, -0.15) is 22.5 Å². The number of halogens is 4. The maximum atomic E-state index is 13.2. The summed E-state index contributed by atoms with van der Waals surface area (Å²) in [6.07, 6.45) is -7.48. The van der Waals surface area contributed by atoms with Gasteiger partial charge in [0.1, 0.15) is 17.0 Å². The standard InChI is InChI=1S/C23H29F4N2O6P/c1-6-32-36(5,31)16(18(30)34-21(2,3)4)13-17-28-20(29-35-17)22(11-12-22)14-7-9-15(10-8-14)33-23(26,27)19(24)25/h7-10,16,19H,6,11-13H2,1-5H3.